The Balaban J connectivity index is 1.91. The molecule has 1 unspecified atom stereocenters. The zero-order valence-electron chi connectivity index (χ0n) is 16.5. The number of aliphatic hydroxyl groups excluding tert-OH is 2. The highest BCUT2D eigenvalue weighted by Gasteiger charge is 2.25. The first kappa shape index (κ1) is 21.9. The maximum atomic E-state index is 13.0. The molecule has 3 rings (SSSR count). The molecule has 8 nitrogen and oxygen atoms in total. The number of ether oxygens (including phenoxy) is 1. The summed E-state index contributed by atoms with van der Waals surface area (Å²) < 4.78 is 30.5. The van der Waals surface area contributed by atoms with Crippen LogP contribution in [-0.2, 0) is 0 Å². The average Bonchev–Trinajstić information content (AvgIpc) is 2.73. The third kappa shape index (κ3) is 5.41. The third-order valence-electron chi connectivity index (χ3n) is 4.60. The summed E-state index contributed by atoms with van der Waals surface area (Å²) in [7, 11) is 0. The van der Waals surface area contributed by atoms with E-state index in [2.05, 4.69) is 20.4 Å². The molecule has 30 heavy (non-hydrogen) atoms. The molecule has 2 aromatic rings. The highest BCUT2D eigenvalue weighted by Crippen LogP contribution is 2.29. The van der Waals surface area contributed by atoms with E-state index in [4.69, 9.17) is 5.41 Å². The van der Waals surface area contributed by atoms with E-state index >= 15 is 0 Å². The van der Waals surface area contributed by atoms with Crippen LogP contribution in [0.2, 0.25) is 0 Å². The van der Waals surface area contributed by atoms with Crippen LogP contribution in [0.4, 0.5) is 20.3 Å². The number of rotatable bonds is 7. The Kier molecular flexibility index (Phi) is 6.80. The van der Waals surface area contributed by atoms with Crippen molar-refractivity contribution in [2.75, 3.05) is 38.1 Å². The number of nitrogens with one attached hydrogen (secondary N) is 3. The van der Waals surface area contributed by atoms with Crippen molar-refractivity contribution in [3.8, 4) is 5.75 Å². The first-order chi connectivity index (χ1) is 14.3. The van der Waals surface area contributed by atoms with E-state index in [0.717, 1.165) is 13.1 Å². The van der Waals surface area contributed by atoms with Gasteiger partial charge in [0.2, 0.25) is 0 Å². The number of amidine groups is 1. The van der Waals surface area contributed by atoms with E-state index in [0.29, 0.717) is 42.6 Å². The molecule has 5 N–H and O–H groups in total. The molecule has 1 aromatic carbocycles. The van der Waals surface area contributed by atoms with Crippen LogP contribution in [0.3, 0.4) is 0 Å². The van der Waals surface area contributed by atoms with Crippen molar-refractivity contribution in [2.45, 2.75) is 19.1 Å². The molecule has 0 radical (unpaired) electrons. The van der Waals surface area contributed by atoms with Crippen LogP contribution in [0.1, 0.15) is 24.2 Å². The van der Waals surface area contributed by atoms with Crippen molar-refractivity contribution in [2.24, 2.45) is 0 Å². The van der Waals surface area contributed by atoms with Gasteiger partial charge in [0.05, 0.1) is 12.2 Å². The Labute approximate surface area is 173 Å². The van der Waals surface area contributed by atoms with Gasteiger partial charge < -0.3 is 30.5 Å². The van der Waals surface area contributed by atoms with Crippen LogP contribution in [0.15, 0.2) is 36.5 Å². The van der Waals surface area contributed by atoms with Gasteiger partial charge in [-0.25, -0.2) is 4.98 Å². The zero-order chi connectivity index (χ0) is 21.7. The van der Waals surface area contributed by atoms with Gasteiger partial charge in [-0.2, -0.15) is 8.78 Å². The number of piperazine rings is 1. The predicted molar refractivity (Wildman–Crippen MR) is 109 cm³/mol. The SMILES string of the molecule is CC(F)(F)Oc1ccc(Nc2nccc(C(O)CO)c2C(=N)N2CCNCC2)cc1. The van der Waals surface area contributed by atoms with Crippen molar-refractivity contribution in [3.05, 3.63) is 47.7 Å². The first-order valence-corrected chi connectivity index (χ1v) is 9.55. The van der Waals surface area contributed by atoms with E-state index in [1.807, 2.05) is 4.90 Å². The minimum atomic E-state index is -3.28. The Bertz CT molecular complexity index is 868. The fourth-order valence-electron chi connectivity index (χ4n) is 3.19. The maximum absolute atomic E-state index is 13.0. The summed E-state index contributed by atoms with van der Waals surface area (Å²) in [5.74, 6) is 0.512. The van der Waals surface area contributed by atoms with Crippen molar-refractivity contribution < 1.29 is 23.7 Å². The van der Waals surface area contributed by atoms with Gasteiger partial charge in [0, 0.05) is 45.0 Å². The molecule has 1 aliphatic rings. The summed E-state index contributed by atoms with van der Waals surface area (Å²) in [6.07, 6.45) is -2.98. The lowest BCUT2D eigenvalue weighted by Crippen LogP contribution is -2.46. The van der Waals surface area contributed by atoms with E-state index in [-0.39, 0.29) is 11.6 Å². The maximum Gasteiger partial charge on any atom is 0.394 e. The summed E-state index contributed by atoms with van der Waals surface area (Å²) in [5.41, 5.74) is 1.30. The molecule has 0 amide bonds. The van der Waals surface area contributed by atoms with Gasteiger partial charge in [-0.1, -0.05) is 0 Å². The smallest absolute Gasteiger partial charge is 0.394 e. The molecule has 0 aliphatic carbocycles. The Morgan fingerprint density at radius 3 is 2.57 bits per heavy atom. The molecule has 1 saturated heterocycles. The topological polar surface area (TPSA) is 114 Å². The van der Waals surface area contributed by atoms with Crippen LogP contribution in [0.5, 0.6) is 5.75 Å². The number of hydrogen-bond donors (Lipinski definition) is 5. The van der Waals surface area contributed by atoms with Crippen LogP contribution in [0.25, 0.3) is 0 Å². The van der Waals surface area contributed by atoms with Crippen LogP contribution in [-0.4, -0.2) is 64.8 Å². The monoisotopic (exact) mass is 421 g/mol. The third-order valence-corrected chi connectivity index (χ3v) is 4.60. The van der Waals surface area contributed by atoms with Crippen LogP contribution in [0, 0.1) is 5.41 Å². The Morgan fingerprint density at radius 1 is 1.30 bits per heavy atom. The molecule has 1 aromatic heterocycles. The number of aliphatic hydroxyl groups is 2. The predicted octanol–water partition coefficient (Wildman–Crippen LogP) is 2.07. The summed E-state index contributed by atoms with van der Waals surface area (Å²) in [6.45, 7) is 2.87. The lowest BCUT2D eigenvalue weighted by atomic mass is 10.0. The van der Waals surface area contributed by atoms with E-state index in [9.17, 15) is 19.0 Å². The lowest BCUT2D eigenvalue weighted by Gasteiger charge is -2.31. The second-order valence-electron chi connectivity index (χ2n) is 6.97. The van der Waals surface area contributed by atoms with Crippen LogP contribution >= 0.6 is 0 Å². The largest absolute Gasteiger partial charge is 0.433 e. The van der Waals surface area contributed by atoms with Gasteiger partial charge in [-0.3, -0.25) is 5.41 Å². The number of aromatic nitrogens is 1. The molecular formula is C20H25F2N5O3. The molecule has 0 saturated carbocycles. The number of benzene rings is 1. The minimum Gasteiger partial charge on any atom is -0.433 e. The van der Waals surface area contributed by atoms with E-state index in [1.54, 1.807) is 18.2 Å². The summed E-state index contributed by atoms with van der Waals surface area (Å²) in [4.78, 5) is 6.18. The van der Waals surface area contributed by atoms with Gasteiger partial charge in [0.25, 0.3) is 0 Å². The van der Waals surface area contributed by atoms with Gasteiger partial charge in [-0.05, 0) is 35.9 Å². The Morgan fingerprint density at radius 2 is 1.97 bits per heavy atom. The van der Waals surface area contributed by atoms with E-state index in [1.165, 1.54) is 18.3 Å². The van der Waals surface area contributed by atoms with Crippen molar-refractivity contribution in [3.63, 3.8) is 0 Å². The number of pyridine rings is 1. The second-order valence-corrected chi connectivity index (χ2v) is 6.97. The number of alkyl halides is 2. The number of anilines is 2. The van der Waals surface area contributed by atoms with Crippen molar-refractivity contribution >= 4 is 17.3 Å². The first-order valence-electron chi connectivity index (χ1n) is 9.55. The molecule has 10 heteroatoms. The standard InChI is InChI=1S/C20H25F2N5O3/c1-20(21,22)30-14-4-2-13(3-5-14)26-19-17(15(6-7-25-19)16(29)12-28)18(23)27-10-8-24-9-11-27/h2-7,16,23-24,28-29H,8-12H2,1H3,(H,25,26). The second kappa shape index (κ2) is 9.33. The van der Waals surface area contributed by atoms with Gasteiger partial charge in [-0.15, -0.1) is 0 Å². The van der Waals surface area contributed by atoms with Crippen molar-refractivity contribution in [1.82, 2.24) is 15.2 Å². The molecule has 0 bridgehead atoms. The van der Waals surface area contributed by atoms with Gasteiger partial charge >= 0.3 is 6.11 Å². The summed E-state index contributed by atoms with van der Waals surface area (Å²) >= 11 is 0. The molecule has 0 spiro atoms. The molecule has 1 aliphatic heterocycles. The fourth-order valence-corrected chi connectivity index (χ4v) is 3.19. The lowest BCUT2D eigenvalue weighted by molar-refractivity contribution is -0.158. The molecule has 1 atom stereocenters. The summed E-state index contributed by atoms with van der Waals surface area (Å²) in [6, 6.07) is 7.46. The molecule has 162 valence electrons. The summed E-state index contributed by atoms with van der Waals surface area (Å²) in [5, 5.41) is 34.7. The van der Waals surface area contributed by atoms with Crippen molar-refractivity contribution in [1.29, 1.82) is 5.41 Å². The number of hydrogen-bond acceptors (Lipinski definition) is 7. The van der Waals surface area contributed by atoms with Gasteiger partial charge in [0.1, 0.15) is 23.5 Å². The normalized spacial score (nSPS) is 15.6. The molecule has 2 heterocycles. The highest BCUT2D eigenvalue weighted by atomic mass is 19.3. The van der Waals surface area contributed by atoms with Crippen LogP contribution < -0.4 is 15.4 Å². The Hall–Kier alpha value is -2.82. The number of nitrogens with zero attached hydrogens (tertiary/aromatic N) is 2. The quantitative estimate of drug-likeness (QED) is 0.344. The minimum absolute atomic E-state index is 0.0132. The number of halogens is 2. The van der Waals surface area contributed by atoms with E-state index < -0.39 is 18.8 Å². The molecule has 1 fully saturated rings. The molecular weight excluding hydrogens is 396 g/mol. The van der Waals surface area contributed by atoms with Gasteiger partial charge in [0.15, 0.2) is 0 Å². The average molecular weight is 421 g/mol. The fraction of sp³-hybridized carbons (Fsp3) is 0.400. The highest BCUT2D eigenvalue weighted by molar-refractivity contribution is 6.02. The zero-order valence-corrected chi connectivity index (χ0v) is 16.5.